The van der Waals surface area contributed by atoms with Gasteiger partial charge in [-0.05, 0) is 30.5 Å². The predicted molar refractivity (Wildman–Crippen MR) is 82.5 cm³/mol. The number of amides is 1. The van der Waals surface area contributed by atoms with E-state index in [9.17, 15) is 9.18 Å². The van der Waals surface area contributed by atoms with E-state index in [1.165, 1.54) is 12.1 Å². The van der Waals surface area contributed by atoms with Gasteiger partial charge >= 0.3 is 0 Å². The Morgan fingerprint density at radius 3 is 3.04 bits per heavy atom. The van der Waals surface area contributed by atoms with E-state index in [1.807, 2.05) is 6.92 Å². The van der Waals surface area contributed by atoms with Crippen molar-refractivity contribution in [1.29, 1.82) is 0 Å². The first-order valence-corrected chi connectivity index (χ1v) is 7.40. The number of aliphatic hydroxyl groups excluding tert-OH is 1. The van der Waals surface area contributed by atoms with E-state index in [4.69, 9.17) is 9.84 Å². The van der Waals surface area contributed by atoms with Crippen LogP contribution in [0.15, 0.2) is 30.3 Å². The van der Waals surface area contributed by atoms with Gasteiger partial charge < -0.3 is 15.2 Å². The largest absolute Gasteiger partial charge is 0.487 e. The first kappa shape index (κ1) is 17.0. The van der Waals surface area contributed by atoms with Crippen LogP contribution in [0.5, 0.6) is 5.75 Å². The number of aliphatic hydroxyl groups is 1. The van der Waals surface area contributed by atoms with Gasteiger partial charge in [0.05, 0.1) is 5.69 Å². The Morgan fingerprint density at radius 1 is 1.48 bits per heavy atom. The highest BCUT2D eigenvalue weighted by Crippen LogP contribution is 2.13. The Hall–Kier alpha value is -2.41. The van der Waals surface area contributed by atoms with Crippen molar-refractivity contribution in [3.8, 4) is 5.75 Å². The number of aromatic nitrogens is 2. The molecule has 124 valence electrons. The third-order valence-corrected chi connectivity index (χ3v) is 3.29. The Balaban J connectivity index is 1.81. The monoisotopic (exact) mass is 321 g/mol. The molecule has 1 atom stereocenters. The van der Waals surface area contributed by atoms with Gasteiger partial charge in [-0.25, -0.2) is 4.39 Å². The zero-order valence-electron chi connectivity index (χ0n) is 12.9. The molecule has 6 nitrogen and oxygen atoms in total. The zero-order chi connectivity index (χ0) is 16.7. The van der Waals surface area contributed by atoms with Crippen LogP contribution in [-0.4, -0.2) is 34.4 Å². The summed E-state index contributed by atoms with van der Waals surface area (Å²) < 4.78 is 18.5. The molecule has 0 radical (unpaired) electrons. The van der Waals surface area contributed by atoms with E-state index >= 15 is 0 Å². The third-order valence-electron chi connectivity index (χ3n) is 3.29. The summed E-state index contributed by atoms with van der Waals surface area (Å²) in [5.41, 5.74) is 0.877. The van der Waals surface area contributed by atoms with Crippen LogP contribution in [0.2, 0.25) is 0 Å². The first-order valence-electron chi connectivity index (χ1n) is 7.40. The standard InChI is InChI=1S/C16H20FN3O3/c1-11(9-21)5-6-18-16(22)15-8-13(19-20-15)10-23-14-4-2-3-12(17)7-14/h2-4,7-8,11,21H,5-6,9-10H2,1H3,(H,18,22)(H,19,20)/t11-/m1/s1. The van der Waals surface area contributed by atoms with Crippen molar-refractivity contribution < 1.29 is 19.0 Å². The molecular weight excluding hydrogens is 301 g/mol. The lowest BCUT2D eigenvalue weighted by Gasteiger charge is -2.07. The summed E-state index contributed by atoms with van der Waals surface area (Å²) in [5, 5.41) is 18.3. The molecule has 2 rings (SSSR count). The number of ether oxygens (including phenoxy) is 1. The average molecular weight is 321 g/mol. The number of nitrogens with one attached hydrogen (secondary N) is 2. The normalized spacial score (nSPS) is 12.0. The van der Waals surface area contributed by atoms with Crippen LogP contribution in [0.3, 0.4) is 0 Å². The minimum Gasteiger partial charge on any atom is -0.487 e. The van der Waals surface area contributed by atoms with Crippen molar-refractivity contribution in [2.24, 2.45) is 5.92 Å². The fourth-order valence-electron chi connectivity index (χ4n) is 1.88. The van der Waals surface area contributed by atoms with Crippen LogP contribution < -0.4 is 10.1 Å². The highest BCUT2D eigenvalue weighted by Gasteiger charge is 2.11. The van der Waals surface area contributed by atoms with Gasteiger partial charge in [-0.1, -0.05) is 13.0 Å². The molecule has 0 bridgehead atoms. The predicted octanol–water partition coefficient (Wildman–Crippen LogP) is 1.88. The lowest BCUT2D eigenvalue weighted by Crippen LogP contribution is -2.26. The van der Waals surface area contributed by atoms with Gasteiger partial charge in [0.1, 0.15) is 23.9 Å². The summed E-state index contributed by atoms with van der Waals surface area (Å²) in [6, 6.07) is 7.42. The van der Waals surface area contributed by atoms with Crippen molar-refractivity contribution in [1.82, 2.24) is 15.5 Å². The number of carbonyl (C=O) groups excluding carboxylic acids is 1. The smallest absolute Gasteiger partial charge is 0.271 e. The lowest BCUT2D eigenvalue weighted by molar-refractivity contribution is 0.0944. The Labute approximate surface area is 133 Å². The lowest BCUT2D eigenvalue weighted by atomic mass is 10.1. The number of nitrogens with zero attached hydrogens (tertiary/aromatic N) is 1. The fraction of sp³-hybridized carbons (Fsp3) is 0.375. The van der Waals surface area contributed by atoms with Crippen LogP contribution in [0.25, 0.3) is 0 Å². The summed E-state index contributed by atoms with van der Waals surface area (Å²) in [5.74, 6) is -0.110. The Morgan fingerprint density at radius 2 is 2.30 bits per heavy atom. The van der Waals surface area contributed by atoms with Gasteiger partial charge in [-0.3, -0.25) is 9.89 Å². The minimum atomic E-state index is -0.371. The maximum absolute atomic E-state index is 13.0. The molecule has 0 saturated carbocycles. The zero-order valence-corrected chi connectivity index (χ0v) is 12.9. The Kier molecular flexibility index (Phi) is 6.10. The molecule has 1 amide bonds. The molecule has 23 heavy (non-hydrogen) atoms. The maximum Gasteiger partial charge on any atom is 0.271 e. The van der Waals surface area contributed by atoms with E-state index in [0.29, 0.717) is 24.4 Å². The molecule has 0 aliphatic heterocycles. The van der Waals surface area contributed by atoms with Crippen LogP contribution in [-0.2, 0) is 6.61 Å². The molecule has 3 N–H and O–H groups in total. The van der Waals surface area contributed by atoms with Gasteiger partial charge in [0.15, 0.2) is 0 Å². The summed E-state index contributed by atoms with van der Waals surface area (Å²) in [7, 11) is 0. The second-order valence-corrected chi connectivity index (χ2v) is 5.36. The van der Waals surface area contributed by atoms with Crippen LogP contribution in [0, 0.1) is 11.7 Å². The molecule has 1 aromatic heterocycles. The van der Waals surface area contributed by atoms with E-state index < -0.39 is 0 Å². The van der Waals surface area contributed by atoms with Gasteiger partial charge in [0.2, 0.25) is 0 Å². The highest BCUT2D eigenvalue weighted by atomic mass is 19.1. The van der Waals surface area contributed by atoms with Gasteiger partial charge in [-0.15, -0.1) is 0 Å². The van der Waals surface area contributed by atoms with Gasteiger partial charge in [-0.2, -0.15) is 5.10 Å². The van der Waals surface area contributed by atoms with Crippen molar-refractivity contribution >= 4 is 5.91 Å². The third kappa shape index (κ3) is 5.37. The highest BCUT2D eigenvalue weighted by molar-refractivity contribution is 5.92. The maximum atomic E-state index is 13.0. The molecular formula is C16H20FN3O3. The van der Waals surface area contributed by atoms with Crippen molar-refractivity contribution in [3.05, 3.63) is 47.5 Å². The van der Waals surface area contributed by atoms with Crippen molar-refractivity contribution in [2.75, 3.05) is 13.2 Å². The number of carbonyl (C=O) groups is 1. The SMILES string of the molecule is C[C@@H](CO)CCNC(=O)c1cc(COc2cccc(F)c2)[nH]n1. The molecule has 0 aliphatic rings. The quantitative estimate of drug-likeness (QED) is 0.693. The Bertz CT molecular complexity index is 645. The molecule has 0 saturated heterocycles. The van der Waals surface area contributed by atoms with E-state index in [2.05, 4.69) is 15.5 Å². The van der Waals surface area contributed by atoms with Gasteiger partial charge in [0.25, 0.3) is 5.91 Å². The van der Waals surface area contributed by atoms with Crippen LogP contribution >= 0.6 is 0 Å². The number of halogens is 1. The molecule has 7 heteroatoms. The average Bonchev–Trinajstić information content (AvgIpc) is 3.02. The van der Waals surface area contributed by atoms with E-state index in [0.717, 1.165) is 0 Å². The molecule has 0 fully saturated rings. The van der Waals surface area contributed by atoms with Crippen molar-refractivity contribution in [2.45, 2.75) is 20.0 Å². The fourth-order valence-corrected chi connectivity index (χ4v) is 1.88. The second-order valence-electron chi connectivity index (χ2n) is 5.36. The molecule has 1 aromatic carbocycles. The van der Waals surface area contributed by atoms with Crippen LogP contribution in [0.4, 0.5) is 4.39 Å². The summed E-state index contributed by atoms with van der Waals surface area (Å²) in [6.07, 6.45) is 0.697. The van der Waals surface area contributed by atoms with E-state index in [-0.39, 0.29) is 36.5 Å². The molecule has 2 aromatic rings. The molecule has 0 unspecified atom stereocenters. The van der Waals surface area contributed by atoms with Gasteiger partial charge in [0, 0.05) is 19.2 Å². The molecule has 0 spiro atoms. The minimum absolute atomic E-state index is 0.0971. The number of hydrogen-bond donors (Lipinski definition) is 3. The number of H-pyrrole nitrogens is 1. The topological polar surface area (TPSA) is 87.2 Å². The molecule has 1 heterocycles. The number of hydrogen-bond acceptors (Lipinski definition) is 4. The number of aromatic amines is 1. The number of rotatable bonds is 8. The first-order chi connectivity index (χ1) is 11.1. The van der Waals surface area contributed by atoms with Crippen LogP contribution in [0.1, 0.15) is 29.5 Å². The summed E-state index contributed by atoms with van der Waals surface area (Å²) >= 11 is 0. The number of benzene rings is 1. The summed E-state index contributed by atoms with van der Waals surface area (Å²) in [4.78, 5) is 11.9. The van der Waals surface area contributed by atoms with Crippen molar-refractivity contribution in [3.63, 3.8) is 0 Å². The van der Waals surface area contributed by atoms with E-state index in [1.54, 1.807) is 18.2 Å². The molecule has 0 aliphatic carbocycles. The second kappa shape index (κ2) is 8.28. The summed E-state index contributed by atoms with van der Waals surface area (Å²) in [6.45, 7) is 2.64.